The van der Waals surface area contributed by atoms with Crippen LogP contribution in [0.4, 0.5) is 5.69 Å². The third kappa shape index (κ3) is 3.25. The molecule has 4 nitrogen and oxygen atoms in total. The second kappa shape index (κ2) is 6.55. The third-order valence-electron chi connectivity index (χ3n) is 3.62. The average Bonchev–Trinajstić information content (AvgIpc) is 2.47. The summed E-state index contributed by atoms with van der Waals surface area (Å²) >= 11 is 0. The topological polar surface area (TPSA) is 67.5 Å². The second-order valence-corrected chi connectivity index (χ2v) is 4.98. The van der Waals surface area contributed by atoms with Crippen molar-refractivity contribution >= 4 is 5.69 Å². The summed E-state index contributed by atoms with van der Waals surface area (Å²) in [7, 11) is 0. The standard InChI is InChI=1S/C15H20N2O2/c16-9-8-14(18)15(19)12-6-2-3-7-13(12)17-10-4-1-5-11-17/h2-3,6-7,14-15,18-19H,1,4-5,8,10-11H2. The number of para-hydroxylation sites is 1. The molecular weight excluding hydrogens is 240 g/mol. The molecular formula is C15H20N2O2. The smallest absolute Gasteiger partial charge is 0.108 e. The van der Waals surface area contributed by atoms with Gasteiger partial charge in [0.25, 0.3) is 0 Å². The zero-order valence-corrected chi connectivity index (χ0v) is 11.0. The first-order chi connectivity index (χ1) is 9.24. The summed E-state index contributed by atoms with van der Waals surface area (Å²) in [5, 5.41) is 28.6. The highest BCUT2D eigenvalue weighted by molar-refractivity contribution is 5.55. The van der Waals surface area contributed by atoms with E-state index in [0.717, 1.165) is 31.6 Å². The van der Waals surface area contributed by atoms with Gasteiger partial charge in [0.05, 0.1) is 18.6 Å². The van der Waals surface area contributed by atoms with Crippen molar-refractivity contribution in [2.45, 2.75) is 37.9 Å². The number of benzene rings is 1. The number of rotatable bonds is 4. The fourth-order valence-electron chi connectivity index (χ4n) is 2.57. The molecule has 0 spiro atoms. The van der Waals surface area contributed by atoms with E-state index in [2.05, 4.69) is 4.90 Å². The summed E-state index contributed by atoms with van der Waals surface area (Å²) in [6.45, 7) is 1.97. The normalized spacial score (nSPS) is 18.7. The minimum Gasteiger partial charge on any atom is -0.389 e. The van der Waals surface area contributed by atoms with Crippen molar-refractivity contribution in [1.82, 2.24) is 0 Å². The molecule has 0 amide bonds. The molecule has 4 heteroatoms. The monoisotopic (exact) mass is 260 g/mol. The highest BCUT2D eigenvalue weighted by Gasteiger charge is 2.23. The lowest BCUT2D eigenvalue weighted by Crippen LogP contribution is -2.31. The van der Waals surface area contributed by atoms with E-state index in [1.165, 1.54) is 6.42 Å². The molecule has 19 heavy (non-hydrogen) atoms. The molecule has 2 unspecified atom stereocenters. The molecule has 2 rings (SSSR count). The number of nitriles is 1. The number of hydrogen-bond acceptors (Lipinski definition) is 4. The maximum atomic E-state index is 10.2. The molecule has 1 aliphatic heterocycles. The summed E-state index contributed by atoms with van der Waals surface area (Å²) in [4.78, 5) is 2.25. The van der Waals surface area contributed by atoms with Crippen LogP contribution in [0.5, 0.6) is 0 Å². The Balaban J connectivity index is 2.22. The Labute approximate surface area is 113 Å². The second-order valence-electron chi connectivity index (χ2n) is 4.98. The molecule has 0 aromatic heterocycles. The van der Waals surface area contributed by atoms with Gasteiger partial charge in [0, 0.05) is 24.3 Å². The Kier molecular flexibility index (Phi) is 4.78. The van der Waals surface area contributed by atoms with Crippen molar-refractivity contribution in [1.29, 1.82) is 5.26 Å². The van der Waals surface area contributed by atoms with Crippen molar-refractivity contribution in [2.75, 3.05) is 18.0 Å². The molecule has 2 N–H and O–H groups in total. The van der Waals surface area contributed by atoms with E-state index in [1.807, 2.05) is 30.3 Å². The average molecular weight is 260 g/mol. The van der Waals surface area contributed by atoms with Gasteiger partial charge in [-0.2, -0.15) is 5.26 Å². The summed E-state index contributed by atoms with van der Waals surface area (Å²) < 4.78 is 0. The van der Waals surface area contributed by atoms with Crippen LogP contribution in [-0.4, -0.2) is 29.4 Å². The number of aliphatic hydroxyl groups is 2. The number of anilines is 1. The number of nitrogens with zero attached hydrogens (tertiary/aromatic N) is 2. The van der Waals surface area contributed by atoms with E-state index in [1.54, 1.807) is 0 Å². The van der Waals surface area contributed by atoms with Crippen LogP contribution in [-0.2, 0) is 0 Å². The van der Waals surface area contributed by atoms with Crippen molar-refractivity contribution in [3.8, 4) is 6.07 Å². The van der Waals surface area contributed by atoms with Crippen LogP contribution >= 0.6 is 0 Å². The minimum absolute atomic E-state index is 0.0600. The van der Waals surface area contributed by atoms with Crippen molar-refractivity contribution in [3.63, 3.8) is 0 Å². The van der Waals surface area contributed by atoms with Gasteiger partial charge < -0.3 is 15.1 Å². The van der Waals surface area contributed by atoms with Gasteiger partial charge in [-0.1, -0.05) is 18.2 Å². The van der Waals surface area contributed by atoms with Gasteiger partial charge in [-0.25, -0.2) is 0 Å². The Morgan fingerprint density at radius 3 is 2.53 bits per heavy atom. The fraction of sp³-hybridized carbons (Fsp3) is 0.533. The molecule has 1 heterocycles. The van der Waals surface area contributed by atoms with Crippen LogP contribution in [0.2, 0.25) is 0 Å². The first kappa shape index (κ1) is 13.9. The number of aliphatic hydroxyl groups excluding tert-OH is 2. The Hall–Kier alpha value is -1.57. The number of hydrogen-bond donors (Lipinski definition) is 2. The zero-order chi connectivity index (χ0) is 13.7. The van der Waals surface area contributed by atoms with Gasteiger partial charge in [-0.15, -0.1) is 0 Å². The fourth-order valence-corrected chi connectivity index (χ4v) is 2.57. The lowest BCUT2D eigenvalue weighted by Gasteiger charge is -2.32. The van der Waals surface area contributed by atoms with Crippen molar-refractivity contribution < 1.29 is 10.2 Å². The van der Waals surface area contributed by atoms with Crippen molar-refractivity contribution in [2.24, 2.45) is 0 Å². The van der Waals surface area contributed by atoms with Crippen LogP contribution in [0.15, 0.2) is 24.3 Å². The van der Waals surface area contributed by atoms with Crippen LogP contribution in [0.3, 0.4) is 0 Å². The summed E-state index contributed by atoms with van der Waals surface area (Å²) in [5.41, 5.74) is 1.69. The van der Waals surface area contributed by atoms with Gasteiger partial charge >= 0.3 is 0 Å². The molecule has 1 fully saturated rings. The van der Waals surface area contributed by atoms with E-state index in [9.17, 15) is 10.2 Å². The van der Waals surface area contributed by atoms with Crippen LogP contribution in [0, 0.1) is 11.3 Å². The van der Waals surface area contributed by atoms with Gasteiger partial charge in [-0.05, 0) is 25.3 Å². The minimum atomic E-state index is -1.03. The summed E-state index contributed by atoms with van der Waals surface area (Å²) in [5.74, 6) is 0. The third-order valence-corrected chi connectivity index (χ3v) is 3.62. The maximum absolute atomic E-state index is 10.2. The van der Waals surface area contributed by atoms with Crippen LogP contribution in [0.25, 0.3) is 0 Å². The highest BCUT2D eigenvalue weighted by Crippen LogP contribution is 2.30. The molecule has 2 atom stereocenters. The van der Waals surface area contributed by atoms with E-state index >= 15 is 0 Å². The number of piperidine rings is 1. The lowest BCUT2D eigenvalue weighted by molar-refractivity contribution is 0.0219. The van der Waals surface area contributed by atoms with Gasteiger partial charge in [0.2, 0.25) is 0 Å². The highest BCUT2D eigenvalue weighted by atomic mass is 16.3. The van der Waals surface area contributed by atoms with Crippen LogP contribution in [0.1, 0.15) is 37.4 Å². The first-order valence-electron chi connectivity index (χ1n) is 6.81. The molecule has 0 saturated carbocycles. The first-order valence-corrected chi connectivity index (χ1v) is 6.81. The Bertz CT molecular complexity index is 450. The molecule has 0 bridgehead atoms. The molecule has 102 valence electrons. The Morgan fingerprint density at radius 1 is 1.16 bits per heavy atom. The molecule has 1 aromatic carbocycles. The summed E-state index contributed by atoms with van der Waals surface area (Å²) in [6.07, 6.45) is 1.47. The molecule has 1 aliphatic rings. The van der Waals surface area contributed by atoms with Crippen molar-refractivity contribution in [3.05, 3.63) is 29.8 Å². The van der Waals surface area contributed by atoms with Gasteiger partial charge in [0.15, 0.2) is 0 Å². The Morgan fingerprint density at radius 2 is 1.84 bits per heavy atom. The van der Waals surface area contributed by atoms with E-state index in [4.69, 9.17) is 5.26 Å². The van der Waals surface area contributed by atoms with E-state index in [0.29, 0.717) is 5.56 Å². The van der Waals surface area contributed by atoms with E-state index < -0.39 is 12.2 Å². The lowest BCUT2D eigenvalue weighted by atomic mass is 9.99. The van der Waals surface area contributed by atoms with E-state index in [-0.39, 0.29) is 6.42 Å². The molecule has 1 aromatic rings. The molecule has 0 aliphatic carbocycles. The molecule has 0 radical (unpaired) electrons. The summed E-state index contributed by atoms with van der Waals surface area (Å²) in [6, 6.07) is 9.49. The zero-order valence-electron chi connectivity index (χ0n) is 11.0. The predicted octanol–water partition coefficient (Wildman–Crippen LogP) is 1.98. The molecule has 1 saturated heterocycles. The maximum Gasteiger partial charge on any atom is 0.108 e. The van der Waals surface area contributed by atoms with Gasteiger partial charge in [-0.3, -0.25) is 0 Å². The predicted molar refractivity (Wildman–Crippen MR) is 73.7 cm³/mol. The van der Waals surface area contributed by atoms with Crippen LogP contribution < -0.4 is 4.90 Å². The van der Waals surface area contributed by atoms with Gasteiger partial charge in [0.1, 0.15) is 6.10 Å². The SMILES string of the molecule is N#CCC(O)C(O)c1ccccc1N1CCCCC1. The largest absolute Gasteiger partial charge is 0.389 e. The quantitative estimate of drug-likeness (QED) is 0.868.